The number of methoxy groups -OCH3 is 1. The van der Waals surface area contributed by atoms with E-state index in [1.165, 1.54) is 19.2 Å². The van der Waals surface area contributed by atoms with Gasteiger partial charge in [0.2, 0.25) is 5.88 Å². The van der Waals surface area contributed by atoms with Gasteiger partial charge >= 0.3 is 6.18 Å². The van der Waals surface area contributed by atoms with E-state index in [1.807, 2.05) is 0 Å². The number of halogens is 5. The molecule has 0 unspecified atom stereocenters. The van der Waals surface area contributed by atoms with E-state index in [-0.39, 0.29) is 22.8 Å². The minimum atomic E-state index is -4.86. The minimum Gasteiger partial charge on any atom is -0.481 e. The van der Waals surface area contributed by atoms with E-state index in [9.17, 15) is 31.5 Å². The van der Waals surface area contributed by atoms with Crippen molar-refractivity contribution in [1.82, 2.24) is 9.97 Å². The molecule has 2 aromatic rings. The Morgan fingerprint density at radius 1 is 1.26 bits per heavy atom. The molecule has 1 aliphatic heterocycles. The van der Waals surface area contributed by atoms with Crippen LogP contribution in [0.5, 0.6) is 5.88 Å². The van der Waals surface area contributed by atoms with Crippen LogP contribution in [0.15, 0.2) is 30.5 Å². The van der Waals surface area contributed by atoms with E-state index < -0.39 is 53.7 Å². The number of nitrogens with two attached hydrogens (primary N) is 1. The van der Waals surface area contributed by atoms with Crippen molar-refractivity contribution >= 4 is 17.5 Å². The Bertz CT molecular complexity index is 1100. The third-order valence-electron chi connectivity index (χ3n) is 5.89. The van der Waals surface area contributed by atoms with Gasteiger partial charge in [0.1, 0.15) is 17.5 Å². The molecule has 2 aromatic heterocycles. The lowest BCUT2D eigenvalue weighted by Gasteiger charge is -2.31. The van der Waals surface area contributed by atoms with Gasteiger partial charge in [-0.15, -0.1) is 0 Å². The van der Waals surface area contributed by atoms with E-state index in [2.05, 4.69) is 15.3 Å². The number of ether oxygens (including phenoxy) is 2. The second kappa shape index (κ2) is 9.12. The Morgan fingerprint density at radius 3 is 2.50 bits per heavy atom. The summed E-state index contributed by atoms with van der Waals surface area (Å²) in [7, 11) is 1.13. The van der Waals surface area contributed by atoms with Gasteiger partial charge in [0, 0.05) is 29.3 Å². The molecule has 34 heavy (non-hydrogen) atoms. The van der Waals surface area contributed by atoms with Gasteiger partial charge in [0.05, 0.1) is 7.11 Å². The van der Waals surface area contributed by atoms with E-state index in [0.717, 1.165) is 32.2 Å². The number of carbonyl (C=O) groups is 2. The van der Waals surface area contributed by atoms with Gasteiger partial charge < -0.3 is 20.5 Å². The van der Waals surface area contributed by atoms with Gasteiger partial charge in [-0.3, -0.25) is 14.6 Å². The first kappa shape index (κ1) is 25.3. The third-order valence-corrected chi connectivity index (χ3v) is 5.89. The Labute approximate surface area is 190 Å². The molecule has 0 aromatic carbocycles. The van der Waals surface area contributed by atoms with Crippen molar-refractivity contribution in [3.05, 3.63) is 47.4 Å². The standard InChI is InChI=1S/C21H21F5N4O4/c1-9-14(11-4-5-12(16(22)23)30-19(11)33-3)15(34-20(9,2)21(24,25)26)18(32)29-10-6-7-28-13(8-10)17(27)31/h4-9,14-16H,1-3H3,(H2,27,31)(H,28,29,32)/t9-,14-,15+,20+/m0/s1. The third kappa shape index (κ3) is 4.52. The van der Waals surface area contributed by atoms with Crippen LogP contribution < -0.4 is 15.8 Å². The number of aromatic nitrogens is 2. The summed E-state index contributed by atoms with van der Waals surface area (Å²) in [5.74, 6) is -4.79. The molecule has 0 aliphatic carbocycles. The highest BCUT2D eigenvalue weighted by molar-refractivity contribution is 5.97. The molecule has 184 valence electrons. The summed E-state index contributed by atoms with van der Waals surface area (Å²) in [6.45, 7) is 2.05. The Kier molecular flexibility index (Phi) is 6.78. The molecule has 0 saturated carbocycles. The largest absolute Gasteiger partial charge is 0.481 e. The molecule has 2 amide bonds. The van der Waals surface area contributed by atoms with Crippen LogP contribution in [0.4, 0.5) is 27.6 Å². The molecule has 1 fully saturated rings. The molecule has 0 spiro atoms. The van der Waals surface area contributed by atoms with Crippen molar-refractivity contribution in [1.29, 1.82) is 0 Å². The zero-order valence-corrected chi connectivity index (χ0v) is 18.2. The summed E-state index contributed by atoms with van der Waals surface area (Å²) in [6, 6.07) is 4.56. The Hall–Kier alpha value is -3.35. The summed E-state index contributed by atoms with van der Waals surface area (Å²) >= 11 is 0. The van der Waals surface area contributed by atoms with Gasteiger partial charge in [-0.1, -0.05) is 13.0 Å². The highest BCUT2D eigenvalue weighted by Gasteiger charge is 2.65. The Morgan fingerprint density at radius 2 is 1.94 bits per heavy atom. The number of nitrogens with one attached hydrogen (secondary N) is 1. The molecular weight excluding hydrogens is 467 g/mol. The summed E-state index contributed by atoms with van der Waals surface area (Å²) in [4.78, 5) is 31.8. The lowest BCUT2D eigenvalue weighted by molar-refractivity contribution is -0.272. The van der Waals surface area contributed by atoms with Crippen LogP contribution in [0.2, 0.25) is 0 Å². The maximum atomic E-state index is 14.0. The van der Waals surface area contributed by atoms with Gasteiger partial charge in [-0.05, 0) is 25.1 Å². The lowest BCUT2D eigenvalue weighted by Crippen LogP contribution is -2.47. The quantitative estimate of drug-likeness (QED) is 0.601. The SMILES string of the molecule is COc1nc(C(F)F)ccc1[C@H]1[C@H](C(=O)Nc2ccnc(C(N)=O)c2)O[C@@](C)(C(F)(F)F)[C@H]1C. The average molecular weight is 488 g/mol. The molecule has 1 aliphatic rings. The maximum Gasteiger partial charge on any atom is 0.417 e. The number of carbonyl (C=O) groups excluding carboxylic acids is 2. The number of rotatable bonds is 6. The molecule has 3 heterocycles. The summed E-state index contributed by atoms with van der Waals surface area (Å²) in [5.41, 5.74) is 1.65. The highest BCUT2D eigenvalue weighted by atomic mass is 19.4. The van der Waals surface area contributed by atoms with E-state index >= 15 is 0 Å². The molecule has 3 rings (SSSR count). The molecule has 0 radical (unpaired) electrons. The smallest absolute Gasteiger partial charge is 0.417 e. The summed E-state index contributed by atoms with van der Waals surface area (Å²) < 4.78 is 78.5. The first-order valence-corrected chi connectivity index (χ1v) is 9.94. The van der Waals surface area contributed by atoms with E-state index in [4.69, 9.17) is 15.2 Å². The summed E-state index contributed by atoms with van der Waals surface area (Å²) in [6.07, 6.45) is -8.33. The number of nitrogens with zero attached hydrogens (tertiary/aromatic N) is 2. The molecule has 4 atom stereocenters. The highest BCUT2D eigenvalue weighted by Crippen LogP contribution is 2.54. The number of primary amides is 1. The second-order valence-electron chi connectivity index (χ2n) is 7.88. The van der Waals surface area contributed by atoms with E-state index in [1.54, 1.807) is 0 Å². The molecule has 8 nitrogen and oxygen atoms in total. The predicted octanol–water partition coefficient (Wildman–Crippen LogP) is 3.60. The van der Waals surface area contributed by atoms with Crippen molar-refractivity contribution in [2.45, 2.75) is 44.1 Å². The lowest BCUT2D eigenvalue weighted by atomic mass is 9.77. The normalized spacial score (nSPS) is 24.8. The van der Waals surface area contributed by atoms with Crippen LogP contribution >= 0.6 is 0 Å². The van der Waals surface area contributed by atoms with Crippen LogP contribution in [0.25, 0.3) is 0 Å². The first-order chi connectivity index (χ1) is 15.8. The van der Waals surface area contributed by atoms with Crippen molar-refractivity contribution in [2.24, 2.45) is 11.7 Å². The van der Waals surface area contributed by atoms with Crippen LogP contribution in [0.1, 0.15) is 47.9 Å². The zero-order valence-electron chi connectivity index (χ0n) is 18.2. The van der Waals surface area contributed by atoms with Crippen LogP contribution in [0, 0.1) is 5.92 Å². The Balaban J connectivity index is 2.05. The molecular formula is C21H21F5N4O4. The fraction of sp³-hybridized carbons (Fsp3) is 0.429. The second-order valence-corrected chi connectivity index (χ2v) is 7.88. The number of hydrogen-bond donors (Lipinski definition) is 2. The van der Waals surface area contributed by atoms with Crippen LogP contribution in [-0.4, -0.2) is 46.8 Å². The molecule has 0 bridgehead atoms. The van der Waals surface area contributed by atoms with Crippen LogP contribution in [-0.2, 0) is 9.53 Å². The van der Waals surface area contributed by atoms with E-state index in [0.29, 0.717) is 0 Å². The van der Waals surface area contributed by atoms with Gasteiger partial charge in [-0.2, -0.15) is 13.2 Å². The molecule has 1 saturated heterocycles. The van der Waals surface area contributed by atoms with Gasteiger partial charge in [0.25, 0.3) is 18.2 Å². The van der Waals surface area contributed by atoms with Crippen molar-refractivity contribution in [3.8, 4) is 5.88 Å². The number of amides is 2. The molecule has 3 N–H and O–H groups in total. The fourth-order valence-electron chi connectivity index (χ4n) is 3.88. The van der Waals surface area contributed by atoms with Crippen LogP contribution in [0.3, 0.4) is 0 Å². The van der Waals surface area contributed by atoms with Crippen molar-refractivity contribution in [3.63, 3.8) is 0 Å². The van der Waals surface area contributed by atoms with Gasteiger partial charge in [-0.25, -0.2) is 13.8 Å². The monoisotopic (exact) mass is 488 g/mol. The predicted molar refractivity (Wildman–Crippen MR) is 108 cm³/mol. The minimum absolute atomic E-state index is 0.0000725. The molecule has 13 heteroatoms. The fourth-order valence-corrected chi connectivity index (χ4v) is 3.88. The average Bonchev–Trinajstić information content (AvgIpc) is 3.05. The number of alkyl halides is 5. The summed E-state index contributed by atoms with van der Waals surface area (Å²) in [5, 5.41) is 2.40. The zero-order chi connectivity index (χ0) is 25.4. The first-order valence-electron chi connectivity index (χ1n) is 9.94. The number of anilines is 1. The van der Waals surface area contributed by atoms with Crippen molar-refractivity contribution in [2.75, 3.05) is 12.4 Å². The number of pyridine rings is 2. The van der Waals surface area contributed by atoms with Crippen molar-refractivity contribution < 1.29 is 41.0 Å². The number of hydrogen-bond acceptors (Lipinski definition) is 6. The topological polar surface area (TPSA) is 116 Å². The maximum absolute atomic E-state index is 14.0. The van der Waals surface area contributed by atoms with Gasteiger partial charge in [0.15, 0.2) is 5.60 Å².